The van der Waals surface area contributed by atoms with E-state index in [4.69, 9.17) is 5.73 Å². The standard InChI is InChI=1S/C18H36N2O4/c1-13(2)8-9-20-15(10-14-6-4-3-5-7-14)16(22)11-18(24,12-21)17(19)23/h13-16,20-22,24H,3-12H2,1-2H3,(H2,19,23)/t15-,16-,18-/m0/s1. The maximum Gasteiger partial charge on any atom is 0.251 e. The van der Waals surface area contributed by atoms with Crippen LogP contribution in [0.4, 0.5) is 0 Å². The number of nitrogens with one attached hydrogen (secondary N) is 1. The Morgan fingerprint density at radius 1 is 1.29 bits per heavy atom. The predicted octanol–water partition coefficient (Wildman–Crippen LogP) is 0.921. The molecule has 0 bridgehead atoms. The predicted molar refractivity (Wildman–Crippen MR) is 94.3 cm³/mol. The van der Waals surface area contributed by atoms with E-state index in [0.717, 1.165) is 32.2 Å². The minimum Gasteiger partial charge on any atom is -0.393 e. The third-order valence-electron chi connectivity index (χ3n) is 5.17. The van der Waals surface area contributed by atoms with Gasteiger partial charge in [0.15, 0.2) is 5.60 Å². The highest BCUT2D eigenvalue weighted by molar-refractivity contribution is 5.83. The number of carbonyl (C=O) groups excluding carboxylic acids is 1. The van der Waals surface area contributed by atoms with Crippen LogP contribution in [0.2, 0.25) is 0 Å². The van der Waals surface area contributed by atoms with Crippen molar-refractivity contribution in [3.8, 4) is 0 Å². The average molecular weight is 344 g/mol. The maximum absolute atomic E-state index is 11.4. The molecule has 0 unspecified atom stereocenters. The lowest BCUT2D eigenvalue weighted by Crippen LogP contribution is -2.53. The Kier molecular flexibility index (Phi) is 9.19. The zero-order chi connectivity index (χ0) is 18.2. The number of amides is 1. The molecule has 1 amide bonds. The molecule has 142 valence electrons. The van der Waals surface area contributed by atoms with Gasteiger partial charge in [0.25, 0.3) is 5.91 Å². The third kappa shape index (κ3) is 7.05. The molecule has 0 aromatic heterocycles. The second-order valence-corrected chi connectivity index (χ2v) is 7.81. The number of nitrogens with two attached hydrogens (primary N) is 1. The molecule has 0 heterocycles. The summed E-state index contributed by atoms with van der Waals surface area (Å²) in [6, 6.07) is -0.204. The van der Waals surface area contributed by atoms with Crippen molar-refractivity contribution >= 4 is 5.91 Å². The van der Waals surface area contributed by atoms with Gasteiger partial charge in [-0.25, -0.2) is 0 Å². The number of primary amides is 1. The highest BCUT2D eigenvalue weighted by atomic mass is 16.3. The van der Waals surface area contributed by atoms with Crippen molar-refractivity contribution in [2.75, 3.05) is 13.2 Å². The Morgan fingerprint density at radius 3 is 2.42 bits per heavy atom. The van der Waals surface area contributed by atoms with Gasteiger partial charge in [0.2, 0.25) is 0 Å². The fourth-order valence-electron chi connectivity index (χ4n) is 3.45. The molecule has 0 spiro atoms. The van der Waals surface area contributed by atoms with Gasteiger partial charge in [0.1, 0.15) is 0 Å². The monoisotopic (exact) mass is 344 g/mol. The summed E-state index contributed by atoms with van der Waals surface area (Å²) in [5, 5.41) is 33.4. The average Bonchev–Trinajstić information content (AvgIpc) is 2.54. The summed E-state index contributed by atoms with van der Waals surface area (Å²) in [6.07, 6.45) is 6.69. The molecular weight excluding hydrogens is 308 g/mol. The molecule has 3 atom stereocenters. The largest absolute Gasteiger partial charge is 0.393 e. The van der Waals surface area contributed by atoms with Crippen LogP contribution in [0, 0.1) is 11.8 Å². The van der Waals surface area contributed by atoms with Gasteiger partial charge in [-0.3, -0.25) is 4.79 Å². The summed E-state index contributed by atoms with van der Waals surface area (Å²) in [7, 11) is 0. The second kappa shape index (κ2) is 10.3. The van der Waals surface area contributed by atoms with Crippen molar-refractivity contribution in [2.45, 2.75) is 83.0 Å². The molecule has 0 aromatic rings. The first kappa shape index (κ1) is 21.4. The fraction of sp³-hybridized carbons (Fsp3) is 0.944. The van der Waals surface area contributed by atoms with E-state index in [2.05, 4.69) is 19.2 Å². The van der Waals surface area contributed by atoms with Gasteiger partial charge >= 0.3 is 0 Å². The molecule has 1 saturated carbocycles. The molecule has 1 aliphatic carbocycles. The van der Waals surface area contributed by atoms with E-state index in [1.807, 2.05) is 0 Å². The first-order valence-electron chi connectivity index (χ1n) is 9.33. The molecule has 1 fully saturated rings. The van der Waals surface area contributed by atoms with Gasteiger partial charge in [-0.05, 0) is 31.2 Å². The van der Waals surface area contributed by atoms with Gasteiger partial charge in [0, 0.05) is 12.5 Å². The summed E-state index contributed by atoms with van der Waals surface area (Å²) >= 11 is 0. The number of aliphatic hydroxyl groups excluding tert-OH is 2. The normalized spacial score (nSPS) is 21.4. The Balaban J connectivity index is 2.67. The van der Waals surface area contributed by atoms with Crippen molar-refractivity contribution in [3.63, 3.8) is 0 Å². The van der Waals surface area contributed by atoms with Crippen molar-refractivity contribution in [2.24, 2.45) is 17.6 Å². The van der Waals surface area contributed by atoms with Gasteiger partial charge in [-0.1, -0.05) is 46.0 Å². The van der Waals surface area contributed by atoms with E-state index in [0.29, 0.717) is 11.8 Å². The minimum atomic E-state index is -2.07. The van der Waals surface area contributed by atoms with Crippen molar-refractivity contribution in [3.05, 3.63) is 0 Å². The van der Waals surface area contributed by atoms with Crippen LogP contribution in [-0.2, 0) is 4.79 Å². The summed E-state index contributed by atoms with van der Waals surface area (Å²) in [5.41, 5.74) is 3.11. The number of hydrogen-bond donors (Lipinski definition) is 5. The van der Waals surface area contributed by atoms with Crippen LogP contribution in [-0.4, -0.2) is 52.1 Å². The van der Waals surface area contributed by atoms with Crippen LogP contribution in [0.5, 0.6) is 0 Å². The SMILES string of the molecule is CC(C)CCN[C@@H](CC1CCCCC1)[C@@H](O)C[C@](O)(CO)C(N)=O. The van der Waals surface area contributed by atoms with Crippen LogP contribution in [0.15, 0.2) is 0 Å². The lowest BCUT2D eigenvalue weighted by atomic mass is 9.82. The number of rotatable bonds is 11. The Hall–Kier alpha value is -0.690. The van der Waals surface area contributed by atoms with Crippen LogP contribution < -0.4 is 11.1 Å². The topological polar surface area (TPSA) is 116 Å². The Labute approximate surface area is 145 Å². The summed E-state index contributed by atoms with van der Waals surface area (Å²) < 4.78 is 0. The maximum atomic E-state index is 11.4. The molecule has 6 heteroatoms. The summed E-state index contributed by atoms with van der Waals surface area (Å²) in [4.78, 5) is 11.4. The highest BCUT2D eigenvalue weighted by Crippen LogP contribution is 2.29. The molecule has 1 rings (SSSR count). The van der Waals surface area contributed by atoms with Crippen LogP contribution >= 0.6 is 0 Å². The molecule has 0 radical (unpaired) electrons. The van der Waals surface area contributed by atoms with E-state index in [-0.39, 0.29) is 12.5 Å². The first-order valence-corrected chi connectivity index (χ1v) is 9.33. The number of aliphatic hydroxyl groups is 3. The molecule has 0 saturated heterocycles. The van der Waals surface area contributed by atoms with Gasteiger partial charge in [-0.2, -0.15) is 0 Å². The van der Waals surface area contributed by atoms with Crippen LogP contribution in [0.1, 0.15) is 65.2 Å². The lowest BCUT2D eigenvalue weighted by molar-refractivity contribution is -0.145. The molecule has 24 heavy (non-hydrogen) atoms. The summed E-state index contributed by atoms with van der Waals surface area (Å²) in [6.45, 7) is 4.29. The highest BCUT2D eigenvalue weighted by Gasteiger charge is 2.38. The minimum absolute atomic E-state index is 0.204. The fourth-order valence-corrected chi connectivity index (χ4v) is 3.45. The van der Waals surface area contributed by atoms with Crippen LogP contribution in [0.25, 0.3) is 0 Å². The van der Waals surface area contributed by atoms with Gasteiger partial charge in [-0.15, -0.1) is 0 Å². The van der Waals surface area contributed by atoms with E-state index >= 15 is 0 Å². The molecule has 0 aromatic carbocycles. The first-order chi connectivity index (χ1) is 11.3. The molecule has 1 aliphatic rings. The van der Waals surface area contributed by atoms with Gasteiger partial charge in [0.05, 0.1) is 12.7 Å². The summed E-state index contributed by atoms with van der Waals surface area (Å²) in [5.74, 6) is 0.119. The second-order valence-electron chi connectivity index (χ2n) is 7.81. The Bertz CT molecular complexity index is 372. The van der Waals surface area contributed by atoms with Crippen molar-refractivity contribution < 1.29 is 20.1 Å². The molecule has 0 aliphatic heterocycles. The zero-order valence-corrected chi connectivity index (χ0v) is 15.2. The molecule has 6 N–H and O–H groups in total. The lowest BCUT2D eigenvalue weighted by Gasteiger charge is -2.33. The molecular formula is C18H36N2O4. The Morgan fingerprint density at radius 2 is 1.92 bits per heavy atom. The smallest absolute Gasteiger partial charge is 0.251 e. The van der Waals surface area contributed by atoms with Crippen LogP contribution in [0.3, 0.4) is 0 Å². The number of hydrogen-bond acceptors (Lipinski definition) is 5. The van der Waals surface area contributed by atoms with Crippen molar-refractivity contribution in [1.29, 1.82) is 0 Å². The zero-order valence-electron chi connectivity index (χ0n) is 15.2. The van der Waals surface area contributed by atoms with E-state index in [9.17, 15) is 20.1 Å². The third-order valence-corrected chi connectivity index (χ3v) is 5.17. The van der Waals surface area contributed by atoms with Crippen molar-refractivity contribution in [1.82, 2.24) is 5.32 Å². The quantitative estimate of drug-likeness (QED) is 0.382. The molecule has 6 nitrogen and oxygen atoms in total. The van der Waals surface area contributed by atoms with Gasteiger partial charge < -0.3 is 26.4 Å². The number of carbonyl (C=O) groups is 1. The van der Waals surface area contributed by atoms with E-state index in [1.54, 1.807) is 0 Å². The van der Waals surface area contributed by atoms with E-state index < -0.39 is 24.2 Å². The van der Waals surface area contributed by atoms with E-state index in [1.165, 1.54) is 19.3 Å².